The lowest BCUT2D eigenvalue weighted by molar-refractivity contribution is -0.0769. The number of hydrogen-bond acceptors (Lipinski definition) is 11. The van der Waals surface area contributed by atoms with Crippen LogP contribution in [0.25, 0.3) is 0 Å². The molecule has 146 valence electrons. The fraction of sp³-hybridized carbons (Fsp3) is 0.312. The van der Waals surface area contributed by atoms with Crippen LogP contribution in [0.5, 0.6) is 0 Å². The minimum atomic E-state index is -1.04. The molecule has 2 aromatic heterocycles. The summed E-state index contributed by atoms with van der Waals surface area (Å²) in [4.78, 5) is 43.3. The van der Waals surface area contributed by atoms with Crippen molar-refractivity contribution >= 4 is 17.9 Å². The molecular weight excluding hydrogens is 376 g/mol. The van der Waals surface area contributed by atoms with E-state index in [2.05, 4.69) is 9.97 Å². The summed E-state index contributed by atoms with van der Waals surface area (Å²) in [5, 5.41) is 8.83. The normalized spacial score (nSPS) is 25.5. The van der Waals surface area contributed by atoms with Crippen molar-refractivity contribution in [2.45, 2.75) is 24.5 Å². The first kappa shape index (κ1) is 17.9. The summed E-state index contributed by atoms with van der Waals surface area (Å²) in [6.07, 6.45) is -1.87. The molecule has 2 fully saturated rings. The predicted octanol–water partition coefficient (Wildman–Crippen LogP) is 0.0978. The highest BCUT2D eigenvalue weighted by atomic mass is 16.8. The first-order valence-electron chi connectivity index (χ1n) is 8.17. The lowest BCUT2D eigenvalue weighted by Crippen LogP contribution is -2.34. The molecule has 2 saturated heterocycles. The maximum Gasteiger partial charge on any atom is 0.509 e. The van der Waals surface area contributed by atoms with E-state index in [0.717, 1.165) is 4.57 Å². The number of pyridine rings is 1. The van der Waals surface area contributed by atoms with Crippen LogP contribution in [-0.4, -0.2) is 56.8 Å². The highest BCUT2D eigenvalue weighted by molar-refractivity contribution is 5.87. The summed E-state index contributed by atoms with van der Waals surface area (Å²) < 4.78 is 22.2. The molecular formula is C16H14N4O8. The summed E-state index contributed by atoms with van der Waals surface area (Å²) in [7, 11) is 0. The summed E-state index contributed by atoms with van der Waals surface area (Å²) in [6, 6.07) is 6.11. The summed E-state index contributed by atoms with van der Waals surface area (Å²) in [6.45, 7) is -0.248. The van der Waals surface area contributed by atoms with E-state index in [1.807, 2.05) is 0 Å². The molecule has 0 amide bonds. The maximum absolute atomic E-state index is 12.2. The highest BCUT2D eigenvalue weighted by Crippen LogP contribution is 2.37. The van der Waals surface area contributed by atoms with Crippen molar-refractivity contribution in [1.82, 2.24) is 14.5 Å². The number of esters is 1. The van der Waals surface area contributed by atoms with Gasteiger partial charge in [-0.2, -0.15) is 4.98 Å². The number of hydrogen-bond donors (Lipinski definition) is 2. The van der Waals surface area contributed by atoms with Crippen LogP contribution >= 0.6 is 0 Å². The lowest BCUT2D eigenvalue weighted by atomic mass is 10.1. The number of aromatic nitrogens is 3. The van der Waals surface area contributed by atoms with Crippen LogP contribution in [0.15, 0.2) is 41.5 Å². The Morgan fingerprint density at radius 3 is 2.79 bits per heavy atom. The molecule has 4 heterocycles. The quantitative estimate of drug-likeness (QED) is 0.528. The molecule has 2 N–H and O–H groups in total. The molecule has 2 aliphatic heterocycles. The monoisotopic (exact) mass is 390 g/mol. The molecule has 0 radical (unpaired) electrons. The van der Waals surface area contributed by atoms with Gasteiger partial charge in [0.25, 0.3) is 0 Å². The van der Waals surface area contributed by atoms with E-state index in [4.69, 9.17) is 24.2 Å². The van der Waals surface area contributed by atoms with Gasteiger partial charge in [0, 0.05) is 12.4 Å². The second-order valence-corrected chi connectivity index (χ2v) is 5.91. The fourth-order valence-corrected chi connectivity index (χ4v) is 2.97. The van der Waals surface area contributed by atoms with Gasteiger partial charge in [-0.05, 0) is 18.2 Å². The van der Waals surface area contributed by atoms with Crippen molar-refractivity contribution < 1.29 is 33.7 Å². The van der Waals surface area contributed by atoms with E-state index >= 15 is 0 Å². The van der Waals surface area contributed by atoms with Gasteiger partial charge in [0.15, 0.2) is 24.3 Å². The van der Waals surface area contributed by atoms with Gasteiger partial charge in [-0.25, -0.2) is 19.4 Å². The molecule has 2 aliphatic rings. The topological polar surface area (TPSA) is 151 Å². The average molecular weight is 390 g/mol. The van der Waals surface area contributed by atoms with E-state index in [9.17, 15) is 14.4 Å². The summed E-state index contributed by atoms with van der Waals surface area (Å²) in [5.74, 6) is -0.733. The maximum atomic E-state index is 12.2. The van der Waals surface area contributed by atoms with Crippen LogP contribution in [-0.2, 0) is 18.9 Å². The Morgan fingerprint density at radius 2 is 2.07 bits per heavy atom. The molecule has 0 saturated carbocycles. The Labute approximate surface area is 156 Å². The van der Waals surface area contributed by atoms with Gasteiger partial charge in [-0.1, -0.05) is 6.07 Å². The van der Waals surface area contributed by atoms with Crippen molar-refractivity contribution in [1.29, 1.82) is 0 Å². The van der Waals surface area contributed by atoms with Gasteiger partial charge in [-0.3, -0.25) is 15.3 Å². The first-order valence-corrected chi connectivity index (χ1v) is 8.17. The Balaban J connectivity index is 1.51. The van der Waals surface area contributed by atoms with Gasteiger partial charge >= 0.3 is 17.8 Å². The Kier molecular flexibility index (Phi) is 4.63. The number of rotatable bonds is 5. The van der Waals surface area contributed by atoms with E-state index in [1.165, 1.54) is 24.5 Å². The molecule has 0 aliphatic carbocycles. The molecule has 0 spiro atoms. The molecule has 12 heteroatoms. The van der Waals surface area contributed by atoms with Crippen molar-refractivity contribution in [2.24, 2.45) is 0 Å². The van der Waals surface area contributed by atoms with Gasteiger partial charge in [0.05, 0.1) is 0 Å². The minimum Gasteiger partial charge on any atom is -0.458 e. The Bertz CT molecular complexity index is 949. The molecule has 0 bridgehead atoms. The third kappa shape index (κ3) is 3.25. The number of ether oxygens (including phenoxy) is 4. The second kappa shape index (κ2) is 7.25. The van der Waals surface area contributed by atoms with Gasteiger partial charge in [0.2, 0.25) is 0 Å². The van der Waals surface area contributed by atoms with E-state index in [0.29, 0.717) is 0 Å². The molecule has 4 atom stereocenters. The van der Waals surface area contributed by atoms with Gasteiger partial charge in [-0.15, -0.1) is 0 Å². The van der Waals surface area contributed by atoms with Gasteiger partial charge < -0.3 is 18.9 Å². The standard InChI is InChI=1S/C16H14N4O8/c21-14(8-3-1-2-5-17-8)25-7-9-11-12(28-16(23)27-11)13(26-9)20-6-4-10(19-24)18-15(20)22/h1-6,9,11-13,24H,7H2,(H,18,19,22)/t9-,11-,12-,13-/m1/s1. The van der Waals surface area contributed by atoms with Gasteiger partial charge in [0.1, 0.15) is 18.4 Å². The molecule has 0 aromatic carbocycles. The Hall–Kier alpha value is -3.51. The molecule has 2 aromatic rings. The number of anilines is 1. The van der Waals surface area contributed by atoms with E-state index in [1.54, 1.807) is 17.6 Å². The highest BCUT2D eigenvalue weighted by Gasteiger charge is 2.55. The van der Waals surface area contributed by atoms with Crippen LogP contribution in [0.1, 0.15) is 16.7 Å². The third-order valence-corrected chi connectivity index (χ3v) is 4.22. The van der Waals surface area contributed by atoms with Crippen LogP contribution < -0.4 is 11.2 Å². The third-order valence-electron chi connectivity index (χ3n) is 4.22. The number of carbonyl (C=O) groups is 2. The molecule has 12 nitrogen and oxygen atoms in total. The number of fused-ring (bicyclic) bond motifs is 1. The predicted molar refractivity (Wildman–Crippen MR) is 87.5 cm³/mol. The molecule has 0 unspecified atom stereocenters. The average Bonchev–Trinajstić information content (AvgIpc) is 3.24. The molecule has 4 rings (SSSR count). The van der Waals surface area contributed by atoms with Crippen LogP contribution in [0.3, 0.4) is 0 Å². The zero-order valence-electron chi connectivity index (χ0n) is 14.1. The smallest absolute Gasteiger partial charge is 0.458 e. The zero-order chi connectivity index (χ0) is 19.7. The minimum absolute atomic E-state index is 0.0590. The van der Waals surface area contributed by atoms with Crippen molar-refractivity contribution in [3.05, 3.63) is 52.8 Å². The van der Waals surface area contributed by atoms with Crippen molar-refractivity contribution in [3.63, 3.8) is 0 Å². The lowest BCUT2D eigenvalue weighted by Gasteiger charge is -2.18. The number of nitrogens with one attached hydrogen (secondary N) is 1. The van der Waals surface area contributed by atoms with Crippen LogP contribution in [0.2, 0.25) is 0 Å². The van der Waals surface area contributed by atoms with Crippen molar-refractivity contribution in [2.75, 3.05) is 12.1 Å². The second-order valence-electron chi connectivity index (χ2n) is 5.91. The number of nitrogens with zero attached hydrogens (tertiary/aromatic N) is 3. The molecule has 28 heavy (non-hydrogen) atoms. The van der Waals surface area contributed by atoms with Crippen LogP contribution in [0.4, 0.5) is 10.6 Å². The Morgan fingerprint density at radius 1 is 1.25 bits per heavy atom. The van der Waals surface area contributed by atoms with E-state index < -0.39 is 42.4 Å². The fourth-order valence-electron chi connectivity index (χ4n) is 2.97. The summed E-state index contributed by atoms with van der Waals surface area (Å²) in [5.41, 5.74) is 1.12. The van der Waals surface area contributed by atoms with Crippen LogP contribution in [0, 0.1) is 0 Å². The number of carbonyl (C=O) groups excluding carboxylic acids is 2. The zero-order valence-corrected chi connectivity index (χ0v) is 14.1. The van der Waals surface area contributed by atoms with E-state index in [-0.39, 0.29) is 18.1 Å². The largest absolute Gasteiger partial charge is 0.509 e. The van der Waals surface area contributed by atoms with Crippen molar-refractivity contribution in [3.8, 4) is 0 Å². The first-order chi connectivity index (χ1) is 13.6. The summed E-state index contributed by atoms with van der Waals surface area (Å²) >= 11 is 0. The SMILES string of the molecule is O=C1O[C@@H]2[C@H](O1)[C@@H](COC(=O)c1ccccn1)O[C@H]2n1ccc(NO)nc1=O.